The second-order valence-electron chi connectivity index (χ2n) is 10.8. The van der Waals surface area contributed by atoms with Crippen LogP contribution in [0.3, 0.4) is 0 Å². The summed E-state index contributed by atoms with van der Waals surface area (Å²) in [5, 5.41) is 0.890. The molecule has 4 heterocycles. The molecule has 6 rings (SSSR count). The van der Waals surface area contributed by atoms with Gasteiger partial charge in [0.1, 0.15) is 34.1 Å². The Morgan fingerprint density at radius 2 is 1.88 bits per heavy atom. The average Bonchev–Trinajstić information content (AvgIpc) is 3.65. The molecule has 1 aliphatic rings. The van der Waals surface area contributed by atoms with Crippen LogP contribution in [0.25, 0.3) is 22.1 Å². The summed E-state index contributed by atoms with van der Waals surface area (Å²) in [5.41, 5.74) is 1.97. The third-order valence-corrected chi connectivity index (χ3v) is 7.09. The number of rotatable bonds is 5. The average molecular weight is 558 g/mol. The van der Waals surface area contributed by atoms with Gasteiger partial charge in [0, 0.05) is 24.4 Å². The first-order valence-corrected chi connectivity index (χ1v) is 13.5. The van der Waals surface area contributed by atoms with E-state index in [2.05, 4.69) is 15.0 Å². The Morgan fingerprint density at radius 1 is 1.07 bits per heavy atom. The Kier molecular flexibility index (Phi) is 6.46. The van der Waals surface area contributed by atoms with Crippen LogP contribution in [0, 0.1) is 0 Å². The van der Waals surface area contributed by atoms with Crippen molar-refractivity contribution in [3.05, 3.63) is 82.9 Å². The zero-order valence-electron chi connectivity index (χ0n) is 22.3. The summed E-state index contributed by atoms with van der Waals surface area (Å²) in [6.07, 6.45) is 4.50. The van der Waals surface area contributed by atoms with Gasteiger partial charge in [-0.2, -0.15) is 0 Å². The molecule has 1 unspecified atom stereocenters. The maximum Gasteiger partial charge on any atom is 0.410 e. The molecule has 3 aromatic heterocycles. The Balaban J connectivity index is 1.33. The molecule has 1 fully saturated rings. The second kappa shape index (κ2) is 9.98. The van der Waals surface area contributed by atoms with Crippen molar-refractivity contribution in [1.82, 2.24) is 24.8 Å². The van der Waals surface area contributed by atoms with E-state index >= 15 is 0 Å². The van der Waals surface area contributed by atoms with E-state index in [0.29, 0.717) is 57.1 Å². The molecule has 5 aromatic rings. The smallest absolute Gasteiger partial charge is 0.410 e. The number of imidazole rings is 1. The van der Waals surface area contributed by atoms with Gasteiger partial charge in [0.05, 0.1) is 33.7 Å². The summed E-state index contributed by atoms with van der Waals surface area (Å²) in [5.74, 6) is 1.57. The van der Waals surface area contributed by atoms with E-state index in [0.717, 1.165) is 12.8 Å². The van der Waals surface area contributed by atoms with Gasteiger partial charge in [-0.1, -0.05) is 29.8 Å². The van der Waals surface area contributed by atoms with Crippen molar-refractivity contribution in [3.8, 4) is 11.5 Å². The van der Waals surface area contributed by atoms with Crippen LogP contribution in [0.4, 0.5) is 4.79 Å². The van der Waals surface area contributed by atoms with Gasteiger partial charge in [-0.3, -0.25) is 9.69 Å². The number of hydrogen-bond donors (Lipinski definition) is 2. The minimum absolute atomic E-state index is 0.260. The summed E-state index contributed by atoms with van der Waals surface area (Å²) in [6, 6.07) is 14.1. The van der Waals surface area contributed by atoms with Gasteiger partial charge in [0.2, 0.25) is 0 Å². The fourth-order valence-corrected chi connectivity index (χ4v) is 5.28. The Morgan fingerprint density at radius 3 is 2.62 bits per heavy atom. The predicted octanol–water partition coefficient (Wildman–Crippen LogP) is 7.19. The number of aromatic nitrogens is 4. The fourth-order valence-electron chi connectivity index (χ4n) is 5.02. The third-order valence-electron chi connectivity index (χ3n) is 6.78. The quantitative estimate of drug-likeness (QED) is 0.221. The van der Waals surface area contributed by atoms with Gasteiger partial charge >= 0.3 is 6.09 Å². The number of likely N-dealkylation sites (tertiary alicyclic amines) is 1. The maximum atomic E-state index is 13.7. The number of hydrogen-bond acceptors (Lipinski definition) is 6. The van der Waals surface area contributed by atoms with Crippen molar-refractivity contribution in [2.45, 2.75) is 45.3 Å². The number of para-hydroxylation sites is 1. The van der Waals surface area contributed by atoms with Crippen LogP contribution in [0.5, 0.6) is 11.5 Å². The standard InChI is InChI=1S/C30H28ClN5O4/c1-30(2,3)40-29(38)36-13-7-10-23(36)27-34-22-16-33-28-24(25(22)35-27)20(15-32-28)26(37)19-12-11-18(14-21(19)31)39-17-8-5-4-6-9-17/h4-6,8-9,11-12,14-16,23H,7,10,13H2,1-3H3,(H,32,33)(H,34,35). The van der Waals surface area contributed by atoms with E-state index in [-0.39, 0.29) is 22.9 Å². The number of nitrogens with zero attached hydrogens (tertiary/aromatic N) is 3. The summed E-state index contributed by atoms with van der Waals surface area (Å²) in [4.78, 5) is 44.0. The highest BCUT2D eigenvalue weighted by Gasteiger charge is 2.35. The summed E-state index contributed by atoms with van der Waals surface area (Å²) < 4.78 is 11.5. The molecule has 0 spiro atoms. The lowest BCUT2D eigenvalue weighted by Crippen LogP contribution is -2.36. The Labute approximate surface area is 235 Å². The molecule has 40 heavy (non-hydrogen) atoms. The maximum absolute atomic E-state index is 13.7. The molecule has 1 atom stereocenters. The molecular weight excluding hydrogens is 530 g/mol. The molecule has 204 valence electrons. The predicted molar refractivity (Wildman–Crippen MR) is 152 cm³/mol. The molecule has 1 aliphatic heterocycles. The first-order valence-electron chi connectivity index (χ1n) is 13.1. The number of pyridine rings is 1. The van der Waals surface area contributed by atoms with Crippen molar-refractivity contribution in [2.24, 2.45) is 0 Å². The minimum atomic E-state index is -0.596. The normalized spacial score (nSPS) is 15.6. The van der Waals surface area contributed by atoms with Gasteiger partial charge in [0.25, 0.3) is 0 Å². The molecule has 2 aromatic carbocycles. The van der Waals surface area contributed by atoms with Crippen LogP contribution in [-0.2, 0) is 4.74 Å². The molecule has 9 nitrogen and oxygen atoms in total. The molecule has 2 N–H and O–H groups in total. The van der Waals surface area contributed by atoms with Gasteiger partial charge in [-0.25, -0.2) is 14.8 Å². The van der Waals surface area contributed by atoms with E-state index in [1.54, 1.807) is 35.5 Å². The minimum Gasteiger partial charge on any atom is -0.457 e. The van der Waals surface area contributed by atoms with E-state index in [1.807, 2.05) is 51.1 Å². The molecular formula is C30H28ClN5O4. The SMILES string of the molecule is CC(C)(C)OC(=O)N1CCCC1c1nc2cnc3[nH]cc(C(=O)c4ccc(Oc5ccccc5)cc4Cl)c3c2[nH]1. The summed E-state index contributed by atoms with van der Waals surface area (Å²) in [6.45, 7) is 6.13. The van der Waals surface area contributed by atoms with Gasteiger partial charge in [-0.15, -0.1) is 0 Å². The number of ketones is 1. The van der Waals surface area contributed by atoms with E-state index in [9.17, 15) is 9.59 Å². The fraction of sp³-hybridized carbons (Fsp3) is 0.267. The van der Waals surface area contributed by atoms with Crippen LogP contribution in [0.2, 0.25) is 5.02 Å². The van der Waals surface area contributed by atoms with Crippen LogP contribution in [0.1, 0.15) is 61.4 Å². The number of carbonyl (C=O) groups is 2. The van der Waals surface area contributed by atoms with E-state index < -0.39 is 5.60 Å². The van der Waals surface area contributed by atoms with E-state index in [1.165, 1.54) is 0 Å². The molecule has 0 bridgehead atoms. The second-order valence-corrected chi connectivity index (χ2v) is 11.2. The van der Waals surface area contributed by atoms with Gasteiger partial charge in [0.15, 0.2) is 5.78 Å². The molecule has 1 saturated heterocycles. The lowest BCUT2D eigenvalue weighted by atomic mass is 10.0. The third kappa shape index (κ3) is 4.88. The highest BCUT2D eigenvalue weighted by Crippen LogP contribution is 2.35. The first-order chi connectivity index (χ1) is 19.2. The zero-order valence-corrected chi connectivity index (χ0v) is 23.1. The Bertz CT molecular complexity index is 1740. The largest absolute Gasteiger partial charge is 0.457 e. The molecule has 0 radical (unpaired) electrons. The summed E-state index contributed by atoms with van der Waals surface area (Å²) >= 11 is 6.56. The Hall–Kier alpha value is -4.37. The monoisotopic (exact) mass is 557 g/mol. The number of aromatic amines is 2. The highest BCUT2D eigenvalue weighted by atomic mass is 35.5. The molecule has 0 saturated carbocycles. The number of ether oxygens (including phenoxy) is 2. The van der Waals surface area contributed by atoms with E-state index in [4.69, 9.17) is 26.1 Å². The van der Waals surface area contributed by atoms with Crippen LogP contribution < -0.4 is 4.74 Å². The van der Waals surface area contributed by atoms with Crippen LogP contribution in [-0.4, -0.2) is 48.9 Å². The molecule has 0 aliphatic carbocycles. The van der Waals surface area contributed by atoms with Crippen LogP contribution in [0.15, 0.2) is 60.9 Å². The topological polar surface area (TPSA) is 113 Å². The number of H-pyrrole nitrogens is 2. The van der Waals surface area contributed by atoms with Gasteiger partial charge < -0.3 is 19.4 Å². The van der Waals surface area contributed by atoms with Crippen molar-refractivity contribution in [3.63, 3.8) is 0 Å². The number of fused-ring (bicyclic) bond motifs is 3. The number of carbonyl (C=O) groups excluding carboxylic acids is 2. The molecule has 1 amide bonds. The van der Waals surface area contributed by atoms with Crippen molar-refractivity contribution in [2.75, 3.05) is 6.54 Å². The van der Waals surface area contributed by atoms with Crippen molar-refractivity contribution >= 4 is 45.5 Å². The highest BCUT2D eigenvalue weighted by molar-refractivity contribution is 6.36. The van der Waals surface area contributed by atoms with Crippen molar-refractivity contribution < 1.29 is 19.1 Å². The van der Waals surface area contributed by atoms with Crippen molar-refractivity contribution in [1.29, 1.82) is 0 Å². The van der Waals surface area contributed by atoms with Gasteiger partial charge in [-0.05, 0) is 57.9 Å². The summed E-state index contributed by atoms with van der Waals surface area (Å²) in [7, 11) is 0. The zero-order chi connectivity index (χ0) is 28.0. The lowest BCUT2D eigenvalue weighted by molar-refractivity contribution is 0.0219. The molecule has 10 heteroatoms. The number of nitrogens with one attached hydrogen (secondary N) is 2. The number of halogens is 1. The first kappa shape index (κ1) is 25.9. The van der Waals surface area contributed by atoms with Crippen LogP contribution >= 0.6 is 11.6 Å². The number of amides is 1. The lowest BCUT2D eigenvalue weighted by Gasteiger charge is -2.27. The number of benzene rings is 2.